The van der Waals surface area contributed by atoms with Crippen LogP contribution in [0.4, 0.5) is 0 Å². The quantitative estimate of drug-likeness (QED) is 0.103. The van der Waals surface area contributed by atoms with E-state index in [1.165, 1.54) is 0 Å². The van der Waals surface area contributed by atoms with E-state index in [-0.39, 0.29) is 0 Å². The van der Waals surface area contributed by atoms with E-state index in [1.54, 1.807) is 0 Å². The van der Waals surface area contributed by atoms with Gasteiger partial charge in [0, 0.05) is 0 Å². The summed E-state index contributed by atoms with van der Waals surface area (Å²) in [6, 6.07) is 0. The second kappa shape index (κ2) is 15.6. The summed E-state index contributed by atoms with van der Waals surface area (Å²) in [5.41, 5.74) is 0. The molecule has 4 fully saturated rings. The monoisotopic (exact) mass is 666 g/mol. The molecule has 1 unspecified atom stereocenters. The van der Waals surface area contributed by atoms with Crippen LogP contribution in [0.15, 0.2) is 0 Å². The van der Waals surface area contributed by atoms with E-state index in [4.69, 9.17) is 33.2 Å². The van der Waals surface area contributed by atoms with Crippen molar-refractivity contribution in [3.63, 3.8) is 0 Å². The lowest BCUT2D eigenvalue weighted by molar-refractivity contribution is -0.381. The van der Waals surface area contributed by atoms with Gasteiger partial charge in [-0.1, -0.05) is 0 Å². The van der Waals surface area contributed by atoms with Gasteiger partial charge < -0.3 is 105 Å². The van der Waals surface area contributed by atoms with Crippen LogP contribution in [0.2, 0.25) is 0 Å². The summed E-state index contributed by atoms with van der Waals surface area (Å²) in [7, 11) is 0. The lowest BCUT2D eigenvalue weighted by Crippen LogP contribution is -2.66. The largest absolute Gasteiger partial charge is 0.394 e. The minimum Gasteiger partial charge on any atom is -0.394 e. The van der Waals surface area contributed by atoms with Crippen LogP contribution in [0.1, 0.15) is 0 Å². The predicted molar refractivity (Wildman–Crippen MR) is 134 cm³/mol. The van der Waals surface area contributed by atoms with Crippen LogP contribution < -0.4 is 0 Å². The highest BCUT2D eigenvalue weighted by atomic mass is 16.8. The highest BCUT2D eigenvalue weighted by Gasteiger charge is 2.54. The van der Waals surface area contributed by atoms with Gasteiger partial charge in [-0.05, 0) is 0 Å². The summed E-state index contributed by atoms with van der Waals surface area (Å²) in [6.07, 6.45) is -34.8. The maximum atomic E-state index is 10.8. The zero-order valence-electron chi connectivity index (χ0n) is 23.5. The second-order valence-electron chi connectivity index (χ2n) is 11.2. The first-order valence-electron chi connectivity index (χ1n) is 14.1. The van der Waals surface area contributed by atoms with E-state index < -0.39 is 149 Å². The van der Waals surface area contributed by atoms with Crippen molar-refractivity contribution in [3.8, 4) is 0 Å². The standard InChI is InChI=1S/C24H42O21/c25-1-5-9(28)12(31)16(35)23(41-5)44-20-7(3-27)43-24(18(37)14(20)33)45-19-6(2-26)42-22(17(36)13(19)32)39-4-8-10(29)11(30)15(34)21(38)40-8/h5-38H,1-4H2/t5-,6-,7-,8-,9-,10-,11+,12+,13-,14-,15-,16-,17-,18-,19-,20-,21?,22+,23-,24-/m1/s1. The molecule has 0 bridgehead atoms. The molecule has 0 radical (unpaired) electrons. The number of aliphatic hydroxyl groups is 14. The van der Waals surface area contributed by atoms with Crippen molar-refractivity contribution in [2.45, 2.75) is 123 Å². The van der Waals surface area contributed by atoms with Crippen molar-refractivity contribution < 1.29 is 105 Å². The maximum absolute atomic E-state index is 10.8. The lowest BCUT2D eigenvalue weighted by Gasteiger charge is -2.48. The van der Waals surface area contributed by atoms with E-state index in [9.17, 15) is 71.5 Å². The van der Waals surface area contributed by atoms with Crippen molar-refractivity contribution in [2.24, 2.45) is 0 Å². The van der Waals surface area contributed by atoms with Crippen molar-refractivity contribution in [2.75, 3.05) is 26.4 Å². The molecule has 21 heteroatoms. The first-order chi connectivity index (χ1) is 21.2. The number of hydrogen-bond donors (Lipinski definition) is 14. The Hall–Kier alpha value is -0.840. The number of ether oxygens (including phenoxy) is 7. The third kappa shape index (κ3) is 7.59. The van der Waals surface area contributed by atoms with Gasteiger partial charge in [0.15, 0.2) is 25.2 Å². The molecule has 0 aromatic heterocycles. The molecule has 0 aliphatic carbocycles. The topological polar surface area (TPSA) is 348 Å². The van der Waals surface area contributed by atoms with Crippen LogP contribution in [0.3, 0.4) is 0 Å². The molecule has 4 aliphatic rings. The van der Waals surface area contributed by atoms with Crippen molar-refractivity contribution >= 4 is 0 Å². The average Bonchev–Trinajstić information content (AvgIpc) is 3.03. The SMILES string of the molecule is OC[C@H]1O[C@H](O[C@H]2[C@H](O)[C@@H](O)[C@@H](O[C@H]3[C@H](O)[C@@H](O)[C@@H](OC[C@H]4OC(O)[C@H](O)[C@@H](O)[C@@H]4O)O[C@@H]3CO)O[C@@H]2CO)[C@H](O)[C@@H](O)[C@@H]1O. The molecule has 4 heterocycles. The smallest absolute Gasteiger partial charge is 0.187 e. The molecule has 0 saturated carbocycles. The molecule has 0 aromatic carbocycles. The normalized spacial score (nSPS) is 52.9. The summed E-state index contributed by atoms with van der Waals surface area (Å²) >= 11 is 0. The van der Waals surface area contributed by atoms with Gasteiger partial charge in [-0.15, -0.1) is 0 Å². The van der Waals surface area contributed by atoms with E-state index in [2.05, 4.69) is 0 Å². The van der Waals surface area contributed by atoms with E-state index in [0.29, 0.717) is 0 Å². The molecule has 4 aliphatic heterocycles. The molecule has 0 amide bonds. The van der Waals surface area contributed by atoms with Gasteiger partial charge in [-0.3, -0.25) is 0 Å². The summed E-state index contributed by atoms with van der Waals surface area (Å²) in [5, 5.41) is 142. The molecule has 4 rings (SSSR count). The molecule has 45 heavy (non-hydrogen) atoms. The summed E-state index contributed by atoms with van der Waals surface area (Å²) in [6.45, 7) is -3.16. The second-order valence-corrected chi connectivity index (χ2v) is 11.2. The molecular formula is C24H42O21. The maximum Gasteiger partial charge on any atom is 0.187 e. The van der Waals surface area contributed by atoms with Crippen molar-refractivity contribution in [3.05, 3.63) is 0 Å². The molecule has 21 nitrogen and oxygen atoms in total. The van der Waals surface area contributed by atoms with Crippen molar-refractivity contribution in [1.29, 1.82) is 0 Å². The zero-order chi connectivity index (χ0) is 33.3. The van der Waals surface area contributed by atoms with Gasteiger partial charge in [0.1, 0.15) is 97.7 Å². The third-order valence-corrected chi connectivity index (χ3v) is 8.18. The molecule has 264 valence electrons. The molecule has 4 saturated heterocycles. The Morgan fingerprint density at radius 3 is 1.29 bits per heavy atom. The molecule has 0 spiro atoms. The van der Waals surface area contributed by atoms with Crippen LogP contribution >= 0.6 is 0 Å². The Morgan fingerprint density at radius 1 is 0.378 bits per heavy atom. The number of hydrogen-bond acceptors (Lipinski definition) is 21. The average molecular weight is 667 g/mol. The summed E-state index contributed by atoms with van der Waals surface area (Å²) in [5.74, 6) is 0. The van der Waals surface area contributed by atoms with Gasteiger partial charge in [0.2, 0.25) is 0 Å². The lowest BCUT2D eigenvalue weighted by atomic mass is 9.96. The van der Waals surface area contributed by atoms with Crippen LogP contribution in [-0.2, 0) is 33.2 Å². The number of rotatable bonds is 10. The Kier molecular flexibility index (Phi) is 12.8. The molecule has 0 aromatic rings. The Bertz CT molecular complexity index is 912. The highest BCUT2D eigenvalue weighted by Crippen LogP contribution is 2.33. The van der Waals surface area contributed by atoms with Crippen molar-refractivity contribution in [1.82, 2.24) is 0 Å². The molecule has 14 N–H and O–H groups in total. The van der Waals surface area contributed by atoms with Crippen LogP contribution in [-0.4, -0.2) is 221 Å². The first-order valence-corrected chi connectivity index (χ1v) is 14.1. The zero-order valence-corrected chi connectivity index (χ0v) is 23.5. The van der Waals surface area contributed by atoms with Crippen LogP contribution in [0.25, 0.3) is 0 Å². The fraction of sp³-hybridized carbons (Fsp3) is 1.00. The first kappa shape index (κ1) is 37.0. The van der Waals surface area contributed by atoms with Gasteiger partial charge in [-0.25, -0.2) is 0 Å². The van der Waals surface area contributed by atoms with E-state index >= 15 is 0 Å². The fourth-order valence-corrected chi connectivity index (χ4v) is 5.44. The molecule has 20 atom stereocenters. The van der Waals surface area contributed by atoms with Crippen LogP contribution in [0.5, 0.6) is 0 Å². The summed E-state index contributed by atoms with van der Waals surface area (Å²) < 4.78 is 37.5. The third-order valence-electron chi connectivity index (χ3n) is 8.18. The highest BCUT2D eigenvalue weighted by molar-refractivity contribution is 4.97. The Balaban J connectivity index is 1.38. The van der Waals surface area contributed by atoms with E-state index in [0.717, 1.165) is 0 Å². The van der Waals surface area contributed by atoms with E-state index in [1.807, 2.05) is 0 Å². The Morgan fingerprint density at radius 2 is 0.778 bits per heavy atom. The minimum absolute atomic E-state index is 0.634. The minimum atomic E-state index is -2.00. The fourth-order valence-electron chi connectivity index (χ4n) is 5.44. The van der Waals surface area contributed by atoms with Gasteiger partial charge in [0.05, 0.1) is 26.4 Å². The Labute approximate surface area is 254 Å². The summed E-state index contributed by atoms with van der Waals surface area (Å²) in [4.78, 5) is 0. The number of aliphatic hydroxyl groups excluding tert-OH is 14. The predicted octanol–water partition coefficient (Wildman–Crippen LogP) is -9.75. The molecular weight excluding hydrogens is 624 g/mol. The van der Waals surface area contributed by atoms with Crippen LogP contribution in [0, 0.1) is 0 Å². The van der Waals surface area contributed by atoms with Gasteiger partial charge >= 0.3 is 0 Å². The van der Waals surface area contributed by atoms with Gasteiger partial charge in [0.25, 0.3) is 0 Å². The van der Waals surface area contributed by atoms with Gasteiger partial charge in [-0.2, -0.15) is 0 Å².